The third kappa shape index (κ3) is 5.21. The third-order valence-corrected chi connectivity index (χ3v) is 2.22. The Kier molecular flexibility index (Phi) is 4.83. The minimum Gasteiger partial charge on any atom is -0.443 e. The number of benzene rings is 1. The highest BCUT2D eigenvalue weighted by molar-refractivity contribution is 5.67. The Labute approximate surface area is 111 Å². The molecule has 0 aromatic heterocycles. The molecule has 1 aromatic carbocycles. The zero-order valence-corrected chi connectivity index (χ0v) is 11.4. The highest BCUT2D eigenvalue weighted by Crippen LogP contribution is 2.17. The highest BCUT2D eigenvalue weighted by atomic mass is 19.1. The molecular weight excluding hydrogens is 254 g/mol. The molecule has 0 fully saturated rings. The van der Waals surface area contributed by atoms with Gasteiger partial charge in [0.1, 0.15) is 17.2 Å². The van der Waals surface area contributed by atoms with Crippen LogP contribution in [0.5, 0.6) is 0 Å². The molecule has 0 spiro atoms. The maximum atomic E-state index is 13.5. The SMILES string of the molecule is CC(NNC(=O)OC(C)(C)C)c1ccc(F)cc1F. The number of hydrogen-bond acceptors (Lipinski definition) is 3. The number of hydrazine groups is 1. The topological polar surface area (TPSA) is 50.4 Å². The summed E-state index contributed by atoms with van der Waals surface area (Å²) in [5, 5.41) is 0. The van der Waals surface area contributed by atoms with Crippen LogP contribution in [0.3, 0.4) is 0 Å². The van der Waals surface area contributed by atoms with Crippen molar-refractivity contribution in [3.63, 3.8) is 0 Å². The van der Waals surface area contributed by atoms with Crippen LogP contribution in [0, 0.1) is 11.6 Å². The molecule has 0 aliphatic rings. The van der Waals surface area contributed by atoms with Crippen molar-refractivity contribution in [2.45, 2.75) is 39.3 Å². The number of rotatable bonds is 3. The van der Waals surface area contributed by atoms with Crippen molar-refractivity contribution in [2.75, 3.05) is 0 Å². The summed E-state index contributed by atoms with van der Waals surface area (Å²) < 4.78 is 31.2. The third-order valence-electron chi connectivity index (χ3n) is 2.22. The van der Waals surface area contributed by atoms with Crippen LogP contribution < -0.4 is 10.9 Å². The lowest BCUT2D eigenvalue weighted by Gasteiger charge is -2.21. The molecule has 0 saturated heterocycles. The predicted molar refractivity (Wildman–Crippen MR) is 67.3 cm³/mol. The standard InChI is InChI=1S/C13H18F2N2O2/c1-8(10-6-5-9(14)7-11(10)15)16-17-12(18)19-13(2,3)4/h5-8,16H,1-4H3,(H,17,18). The lowest BCUT2D eigenvalue weighted by Crippen LogP contribution is -2.42. The van der Waals surface area contributed by atoms with Crippen LogP contribution in [0.1, 0.15) is 39.3 Å². The second-order valence-electron chi connectivity index (χ2n) is 5.16. The molecule has 0 aliphatic heterocycles. The van der Waals surface area contributed by atoms with E-state index in [0.717, 1.165) is 12.1 Å². The van der Waals surface area contributed by atoms with Gasteiger partial charge in [0.05, 0.1) is 6.04 Å². The lowest BCUT2D eigenvalue weighted by molar-refractivity contribution is 0.0489. The molecule has 1 rings (SSSR count). The van der Waals surface area contributed by atoms with Crippen molar-refractivity contribution < 1.29 is 18.3 Å². The fourth-order valence-electron chi connectivity index (χ4n) is 1.40. The summed E-state index contributed by atoms with van der Waals surface area (Å²) in [6.07, 6.45) is -0.665. The summed E-state index contributed by atoms with van der Waals surface area (Å²) in [7, 11) is 0. The Bertz CT molecular complexity index is 458. The normalized spacial score (nSPS) is 12.9. The van der Waals surface area contributed by atoms with Gasteiger partial charge in [0.2, 0.25) is 0 Å². The van der Waals surface area contributed by atoms with E-state index in [1.807, 2.05) is 0 Å². The first-order valence-corrected chi connectivity index (χ1v) is 5.88. The molecule has 1 atom stereocenters. The van der Waals surface area contributed by atoms with Gasteiger partial charge in [0.25, 0.3) is 0 Å². The second kappa shape index (κ2) is 5.97. The predicted octanol–water partition coefficient (Wildman–Crippen LogP) is 3.06. The largest absolute Gasteiger partial charge is 0.443 e. The number of ether oxygens (including phenoxy) is 1. The summed E-state index contributed by atoms with van der Waals surface area (Å²) in [5.74, 6) is -1.32. The summed E-state index contributed by atoms with van der Waals surface area (Å²) >= 11 is 0. The van der Waals surface area contributed by atoms with E-state index >= 15 is 0 Å². The Hall–Kier alpha value is -1.69. The number of carbonyl (C=O) groups excluding carboxylic acids is 1. The van der Waals surface area contributed by atoms with Gasteiger partial charge in [-0.3, -0.25) is 5.43 Å². The molecule has 1 unspecified atom stereocenters. The second-order valence-corrected chi connectivity index (χ2v) is 5.16. The molecular formula is C13H18F2N2O2. The van der Waals surface area contributed by atoms with E-state index in [1.54, 1.807) is 27.7 Å². The fourth-order valence-corrected chi connectivity index (χ4v) is 1.40. The molecule has 0 saturated carbocycles. The molecule has 19 heavy (non-hydrogen) atoms. The van der Waals surface area contributed by atoms with Crippen molar-refractivity contribution in [1.29, 1.82) is 0 Å². The van der Waals surface area contributed by atoms with Gasteiger partial charge >= 0.3 is 6.09 Å². The molecule has 0 heterocycles. The van der Waals surface area contributed by atoms with E-state index in [1.165, 1.54) is 6.07 Å². The van der Waals surface area contributed by atoms with Crippen LogP contribution in [0.15, 0.2) is 18.2 Å². The minimum atomic E-state index is -0.675. The number of nitrogens with one attached hydrogen (secondary N) is 2. The van der Waals surface area contributed by atoms with Crippen LogP contribution in [0.2, 0.25) is 0 Å². The monoisotopic (exact) mass is 272 g/mol. The highest BCUT2D eigenvalue weighted by Gasteiger charge is 2.17. The van der Waals surface area contributed by atoms with Gasteiger partial charge in [-0.1, -0.05) is 6.07 Å². The molecule has 106 valence electrons. The minimum absolute atomic E-state index is 0.248. The average molecular weight is 272 g/mol. The fraction of sp³-hybridized carbons (Fsp3) is 0.462. The van der Waals surface area contributed by atoms with Crippen LogP contribution >= 0.6 is 0 Å². The van der Waals surface area contributed by atoms with Gasteiger partial charge in [-0.25, -0.2) is 19.0 Å². The van der Waals surface area contributed by atoms with Gasteiger partial charge in [-0.15, -0.1) is 0 Å². The van der Waals surface area contributed by atoms with E-state index in [4.69, 9.17) is 4.74 Å². The molecule has 6 heteroatoms. The first-order valence-electron chi connectivity index (χ1n) is 5.88. The Morgan fingerprint density at radius 3 is 2.47 bits per heavy atom. The molecule has 0 radical (unpaired) electrons. The molecule has 0 bridgehead atoms. The lowest BCUT2D eigenvalue weighted by atomic mass is 10.1. The smallest absolute Gasteiger partial charge is 0.422 e. The molecule has 0 aliphatic carbocycles. The van der Waals surface area contributed by atoms with Gasteiger partial charge in [-0.2, -0.15) is 0 Å². The molecule has 2 N–H and O–H groups in total. The van der Waals surface area contributed by atoms with Crippen molar-refractivity contribution >= 4 is 6.09 Å². The van der Waals surface area contributed by atoms with Crippen molar-refractivity contribution in [3.05, 3.63) is 35.4 Å². The van der Waals surface area contributed by atoms with Gasteiger partial charge in [0, 0.05) is 11.6 Å². The summed E-state index contributed by atoms with van der Waals surface area (Å²) in [4.78, 5) is 11.4. The maximum absolute atomic E-state index is 13.5. The number of halogens is 2. The van der Waals surface area contributed by atoms with Crippen molar-refractivity contribution in [1.82, 2.24) is 10.9 Å². The van der Waals surface area contributed by atoms with Gasteiger partial charge in [-0.05, 0) is 33.8 Å². The average Bonchev–Trinajstić information content (AvgIpc) is 2.23. The Morgan fingerprint density at radius 1 is 1.32 bits per heavy atom. The van der Waals surface area contributed by atoms with E-state index in [9.17, 15) is 13.6 Å². The zero-order valence-electron chi connectivity index (χ0n) is 11.4. The van der Waals surface area contributed by atoms with Crippen LogP contribution in [-0.4, -0.2) is 11.7 Å². The van der Waals surface area contributed by atoms with E-state index < -0.39 is 29.4 Å². The molecule has 1 aromatic rings. The zero-order chi connectivity index (χ0) is 14.6. The van der Waals surface area contributed by atoms with E-state index in [-0.39, 0.29) is 5.56 Å². The first kappa shape index (κ1) is 15.4. The van der Waals surface area contributed by atoms with Crippen molar-refractivity contribution in [2.24, 2.45) is 0 Å². The Balaban J connectivity index is 2.56. The Morgan fingerprint density at radius 2 is 1.95 bits per heavy atom. The number of amides is 1. The van der Waals surface area contributed by atoms with E-state index in [2.05, 4.69) is 10.9 Å². The van der Waals surface area contributed by atoms with Crippen LogP contribution in [-0.2, 0) is 4.74 Å². The van der Waals surface area contributed by atoms with Gasteiger partial charge < -0.3 is 4.74 Å². The molecule has 1 amide bonds. The number of hydrogen-bond donors (Lipinski definition) is 2. The first-order chi connectivity index (χ1) is 8.69. The van der Waals surface area contributed by atoms with E-state index in [0.29, 0.717) is 0 Å². The quantitative estimate of drug-likeness (QED) is 0.831. The summed E-state index contributed by atoms with van der Waals surface area (Å²) in [6, 6.07) is 2.75. The van der Waals surface area contributed by atoms with Crippen LogP contribution in [0.4, 0.5) is 13.6 Å². The maximum Gasteiger partial charge on any atom is 0.422 e. The van der Waals surface area contributed by atoms with Crippen molar-refractivity contribution in [3.8, 4) is 0 Å². The van der Waals surface area contributed by atoms with Crippen LogP contribution in [0.25, 0.3) is 0 Å². The summed E-state index contributed by atoms with van der Waals surface area (Å²) in [6.45, 7) is 6.83. The van der Waals surface area contributed by atoms with Gasteiger partial charge in [0.15, 0.2) is 0 Å². The molecule has 4 nitrogen and oxygen atoms in total. The summed E-state index contributed by atoms with van der Waals surface area (Å²) in [5.41, 5.74) is 4.53. The number of carbonyl (C=O) groups is 1.